The Bertz CT molecular complexity index is 1090. The van der Waals surface area contributed by atoms with E-state index in [0.717, 1.165) is 36.1 Å². The number of aryl methyl sites for hydroxylation is 1. The molecule has 6 nitrogen and oxygen atoms in total. The van der Waals surface area contributed by atoms with Gasteiger partial charge >= 0.3 is 0 Å². The average molecular weight is 422 g/mol. The largest absolute Gasteiger partial charge is 0.459 e. The number of aromatic nitrogens is 1. The first-order valence-electron chi connectivity index (χ1n) is 10.3. The number of hydrogen-bond acceptors (Lipinski definition) is 5. The van der Waals surface area contributed by atoms with Crippen molar-refractivity contribution in [2.75, 3.05) is 5.32 Å². The van der Waals surface area contributed by atoms with Crippen LogP contribution in [0.3, 0.4) is 0 Å². The van der Waals surface area contributed by atoms with Crippen LogP contribution in [0.15, 0.2) is 47.1 Å². The highest BCUT2D eigenvalue weighted by atomic mass is 32.1. The molecule has 0 saturated carbocycles. The maximum atomic E-state index is 13.3. The van der Waals surface area contributed by atoms with Crippen molar-refractivity contribution in [1.29, 1.82) is 0 Å². The molecule has 3 heterocycles. The molecule has 1 N–H and O–H groups in total. The summed E-state index contributed by atoms with van der Waals surface area (Å²) in [5, 5.41) is 3.62. The molecule has 0 radical (unpaired) electrons. The Morgan fingerprint density at radius 2 is 2.00 bits per heavy atom. The highest BCUT2D eigenvalue weighted by Gasteiger charge is 2.36. The third-order valence-corrected chi connectivity index (χ3v) is 7.00. The van der Waals surface area contributed by atoms with Gasteiger partial charge in [-0.25, -0.2) is 4.98 Å². The summed E-state index contributed by atoms with van der Waals surface area (Å²) in [5.74, 6) is 0.411. The molecule has 1 aliphatic carbocycles. The van der Waals surface area contributed by atoms with Crippen molar-refractivity contribution in [3.05, 3.63) is 70.1 Å². The zero-order valence-electron chi connectivity index (χ0n) is 16.8. The van der Waals surface area contributed by atoms with Crippen LogP contribution < -0.4 is 5.32 Å². The summed E-state index contributed by atoms with van der Waals surface area (Å²) in [6.45, 7) is 2.62. The van der Waals surface area contributed by atoms with E-state index in [0.29, 0.717) is 24.0 Å². The van der Waals surface area contributed by atoms with Gasteiger partial charge in [0.05, 0.1) is 12.0 Å². The number of rotatable bonds is 3. The minimum absolute atomic E-state index is 0.205. The lowest BCUT2D eigenvalue weighted by molar-refractivity contribution is -0.121. The summed E-state index contributed by atoms with van der Waals surface area (Å²) in [6, 6.07) is 10.6. The average Bonchev–Trinajstić information content (AvgIpc) is 3.41. The first kappa shape index (κ1) is 19.1. The van der Waals surface area contributed by atoms with E-state index in [1.54, 1.807) is 28.4 Å². The van der Waals surface area contributed by atoms with Crippen molar-refractivity contribution in [1.82, 2.24) is 9.88 Å². The Kier molecular flexibility index (Phi) is 4.90. The topological polar surface area (TPSA) is 75.4 Å². The molecule has 30 heavy (non-hydrogen) atoms. The van der Waals surface area contributed by atoms with Crippen LogP contribution in [-0.2, 0) is 30.6 Å². The van der Waals surface area contributed by atoms with E-state index < -0.39 is 6.04 Å². The third kappa shape index (κ3) is 3.54. The Labute approximate surface area is 178 Å². The maximum Gasteiger partial charge on any atom is 0.290 e. The summed E-state index contributed by atoms with van der Waals surface area (Å²) in [7, 11) is 0. The molecule has 0 bridgehead atoms. The van der Waals surface area contributed by atoms with Gasteiger partial charge in [0.15, 0.2) is 10.9 Å². The predicted molar refractivity (Wildman–Crippen MR) is 114 cm³/mol. The first-order chi connectivity index (χ1) is 14.6. The van der Waals surface area contributed by atoms with Gasteiger partial charge in [-0.05, 0) is 48.4 Å². The molecule has 0 unspecified atom stereocenters. The Hall–Kier alpha value is -2.93. The van der Waals surface area contributed by atoms with Crippen molar-refractivity contribution in [2.24, 2.45) is 5.92 Å². The minimum Gasteiger partial charge on any atom is -0.459 e. The molecule has 7 heteroatoms. The van der Waals surface area contributed by atoms with Crippen LogP contribution >= 0.6 is 11.3 Å². The Morgan fingerprint density at radius 1 is 1.17 bits per heavy atom. The molecule has 154 valence electrons. The first-order valence-corrected chi connectivity index (χ1v) is 11.1. The molecule has 0 fully saturated rings. The smallest absolute Gasteiger partial charge is 0.290 e. The fourth-order valence-electron chi connectivity index (χ4n) is 4.29. The molecule has 1 aliphatic heterocycles. The second kappa shape index (κ2) is 7.72. The number of anilines is 1. The molecule has 5 rings (SSSR count). The number of amides is 2. The van der Waals surface area contributed by atoms with Gasteiger partial charge in [0.1, 0.15) is 6.04 Å². The molecular formula is C23H23N3O3S. The molecule has 0 spiro atoms. The number of carbonyl (C=O) groups is 2. The number of nitrogens with zero attached hydrogens (tertiary/aromatic N) is 2. The van der Waals surface area contributed by atoms with Crippen LogP contribution in [0.4, 0.5) is 5.13 Å². The van der Waals surface area contributed by atoms with E-state index in [1.807, 2.05) is 24.3 Å². The van der Waals surface area contributed by atoms with Gasteiger partial charge < -0.3 is 14.6 Å². The van der Waals surface area contributed by atoms with Crippen molar-refractivity contribution in [3.63, 3.8) is 0 Å². The number of fused-ring (bicyclic) bond motifs is 2. The third-order valence-electron chi connectivity index (χ3n) is 5.96. The molecule has 1 aromatic carbocycles. The molecule has 2 atom stereocenters. The van der Waals surface area contributed by atoms with Crippen LogP contribution in [0.5, 0.6) is 0 Å². The van der Waals surface area contributed by atoms with Crippen molar-refractivity contribution in [3.8, 4) is 0 Å². The maximum absolute atomic E-state index is 13.3. The summed E-state index contributed by atoms with van der Waals surface area (Å²) in [4.78, 5) is 33.9. The normalized spacial score (nSPS) is 20.4. The second-order valence-electron chi connectivity index (χ2n) is 8.13. The lowest BCUT2D eigenvalue weighted by atomic mass is 9.93. The van der Waals surface area contributed by atoms with Gasteiger partial charge in [-0.1, -0.05) is 31.2 Å². The van der Waals surface area contributed by atoms with Crippen molar-refractivity contribution >= 4 is 28.3 Å². The predicted octanol–water partition coefficient (Wildman–Crippen LogP) is 4.07. The number of carbonyl (C=O) groups excluding carboxylic acids is 2. The summed E-state index contributed by atoms with van der Waals surface area (Å²) in [5.41, 5.74) is 3.25. The fourth-order valence-corrected chi connectivity index (χ4v) is 5.47. The highest BCUT2D eigenvalue weighted by Crippen LogP contribution is 2.33. The molecule has 3 aromatic rings. The summed E-state index contributed by atoms with van der Waals surface area (Å²) < 4.78 is 5.31. The van der Waals surface area contributed by atoms with Crippen LogP contribution in [0.1, 0.15) is 45.6 Å². The molecule has 2 aromatic heterocycles. The number of nitrogens with one attached hydrogen (secondary N) is 1. The van der Waals surface area contributed by atoms with Gasteiger partial charge in [-0.15, -0.1) is 11.3 Å². The van der Waals surface area contributed by atoms with E-state index in [4.69, 9.17) is 4.42 Å². The van der Waals surface area contributed by atoms with Crippen molar-refractivity contribution in [2.45, 2.75) is 45.2 Å². The zero-order valence-corrected chi connectivity index (χ0v) is 17.6. The van der Waals surface area contributed by atoms with Crippen LogP contribution in [-0.4, -0.2) is 27.7 Å². The quantitative estimate of drug-likeness (QED) is 0.692. The van der Waals surface area contributed by atoms with Gasteiger partial charge in [0, 0.05) is 17.8 Å². The Balaban J connectivity index is 1.41. The molecule has 0 saturated heterocycles. The van der Waals surface area contributed by atoms with Crippen molar-refractivity contribution < 1.29 is 14.0 Å². The van der Waals surface area contributed by atoms with E-state index in [1.165, 1.54) is 11.1 Å². The van der Waals surface area contributed by atoms with E-state index >= 15 is 0 Å². The van der Waals surface area contributed by atoms with E-state index in [2.05, 4.69) is 17.2 Å². The highest BCUT2D eigenvalue weighted by molar-refractivity contribution is 7.15. The van der Waals surface area contributed by atoms with Crippen LogP contribution in [0, 0.1) is 5.92 Å². The van der Waals surface area contributed by atoms with Crippen LogP contribution in [0.2, 0.25) is 0 Å². The van der Waals surface area contributed by atoms with Gasteiger partial charge in [-0.2, -0.15) is 0 Å². The minimum atomic E-state index is -0.614. The molecule has 2 amide bonds. The lowest BCUT2D eigenvalue weighted by Gasteiger charge is -2.35. The lowest BCUT2D eigenvalue weighted by Crippen LogP contribution is -2.50. The summed E-state index contributed by atoms with van der Waals surface area (Å²) in [6.07, 6.45) is 5.05. The van der Waals surface area contributed by atoms with E-state index in [-0.39, 0.29) is 17.6 Å². The molecule has 2 aliphatic rings. The monoisotopic (exact) mass is 421 g/mol. The number of thiazole rings is 1. The molecular weight excluding hydrogens is 398 g/mol. The number of hydrogen-bond donors (Lipinski definition) is 1. The number of benzene rings is 1. The summed E-state index contributed by atoms with van der Waals surface area (Å²) >= 11 is 1.56. The van der Waals surface area contributed by atoms with Gasteiger partial charge in [-0.3, -0.25) is 9.59 Å². The second-order valence-corrected chi connectivity index (χ2v) is 9.21. The number of furan rings is 1. The SMILES string of the molecule is C[C@@H]1CCc2nc(NC(=O)[C@H]3Cc4ccccc4CN3C(=O)c3ccco3)sc2C1. The van der Waals surface area contributed by atoms with Crippen LogP contribution in [0.25, 0.3) is 0 Å². The standard InChI is InChI=1S/C23H23N3O3S/c1-14-8-9-17-20(11-14)30-23(24-17)25-21(27)18-12-15-5-2-3-6-16(15)13-26(18)22(28)19-7-4-10-29-19/h2-7,10,14,18H,8-9,11-13H2,1H3,(H,24,25,27)/t14-,18-/m1/s1. The fraction of sp³-hybridized carbons (Fsp3) is 0.348. The van der Waals surface area contributed by atoms with Gasteiger partial charge in [0.25, 0.3) is 5.91 Å². The van der Waals surface area contributed by atoms with Gasteiger partial charge in [0.2, 0.25) is 5.91 Å². The van der Waals surface area contributed by atoms with E-state index in [9.17, 15) is 9.59 Å². The Morgan fingerprint density at radius 3 is 2.80 bits per heavy atom. The zero-order chi connectivity index (χ0) is 20.7.